The Balaban J connectivity index is 1.26. The van der Waals surface area contributed by atoms with Gasteiger partial charge in [-0.05, 0) is 87.1 Å². The lowest BCUT2D eigenvalue weighted by Crippen LogP contribution is -2.61. The summed E-state index contributed by atoms with van der Waals surface area (Å²) in [6.07, 6.45) is 4.29. The monoisotopic (exact) mass is 527 g/mol. The summed E-state index contributed by atoms with van der Waals surface area (Å²) in [7, 11) is 1.80. The summed E-state index contributed by atoms with van der Waals surface area (Å²) in [5.41, 5.74) is 4.41. The van der Waals surface area contributed by atoms with E-state index in [9.17, 15) is 19.6 Å². The summed E-state index contributed by atoms with van der Waals surface area (Å²) < 4.78 is 5.67. The second-order valence-electron chi connectivity index (χ2n) is 12.3. The topological polar surface area (TPSA) is 90.7 Å². The highest BCUT2D eigenvalue weighted by Crippen LogP contribution is 2.41. The predicted octanol–water partition coefficient (Wildman–Crippen LogP) is 5.69. The highest BCUT2D eigenvalue weighted by molar-refractivity contribution is 6.01. The second kappa shape index (κ2) is 10.5. The lowest BCUT2D eigenvalue weighted by Gasteiger charge is -2.50. The molecule has 1 aliphatic carbocycles. The van der Waals surface area contributed by atoms with Gasteiger partial charge < -0.3 is 9.64 Å². The zero-order chi connectivity index (χ0) is 27.9. The van der Waals surface area contributed by atoms with Crippen LogP contribution in [-0.4, -0.2) is 47.4 Å². The van der Waals surface area contributed by atoms with Crippen LogP contribution in [0.5, 0.6) is 0 Å². The summed E-state index contributed by atoms with van der Waals surface area (Å²) in [5.74, 6) is -0.264. The third-order valence-corrected chi connectivity index (χ3v) is 8.38. The maximum atomic E-state index is 13.6. The first-order chi connectivity index (χ1) is 18.5. The van der Waals surface area contributed by atoms with Gasteiger partial charge in [0.1, 0.15) is 5.60 Å². The predicted molar refractivity (Wildman–Crippen MR) is 149 cm³/mol. The van der Waals surface area contributed by atoms with Crippen LogP contribution in [0.4, 0.5) is 10.5 Å². The molecule has 1 saturated carbocycles. The van der Waals surface area contributed by atoms with Gasteiger partial charge in [-0.2, -0.15) is 5.26 Å². The Hall–Kier alpha value is -3.66. The number of carbonyl (C=O) groups excluding carboxylic acids is 3. The number of hydrogen-bond acceptors (Lipinski definition) is 5. The molecule has 0 N–H and O–H groups in total. The molecule has 0 spiro atoms. The fourth-order valence-electron chi connectivity index (χ4n) is 6.41. The number of amides is 2. The van der Waals surface area contributed by atoms with Crippen LogP contribution in [0, 0.1) is 23.2 Å². The van der Waals surface area contributed by atoms with Crippen molar-refractivity contribution >= 4 is 23.5 Å². The molecule has 7 nitrogen and oxygen atoms in total. The number of nitrogens with zero attached hydrogens (tertiary/aromatic N) is 3. The van der Waals surface area contributed by atoms with Gasteiger partial charge in [0.2, 0.25) is 5.91 Å². The van der Waals surface area contributed by atoms with Crippen LogP contribution >= 0.6 is 0 Å². The van der Waals surface area contributed by atoms with E-state index < -0.39 is 23.7 Å². The molecule has 39 heavy (non-hydrogen) atoms. The molecule has 0 unspecified atom stereocenters. The highest BCUT2D eigenvalue weighted by Gasteiger charge is 2.48. The molecular formula is C32H37N3O4. The molecule has 0 radical (unpaired) electrons. The Bertz CT molecular complexity index is 1310. The number of ketones is 1. The number of carbonyl (C=O) groups is 3. The fraction of sp³-hybridized carbons (Fsp3) is 0.500. The Morgan fingerprint density at radius 1 is 1.05 bits per heavy atom. The Morgan fingerprint density at radius 2 is 1.72 bits per heavy atom. The van der Waals surface area contributed by atoms with Gasteiger partial charge in [0.05, 0.1) is 24.4 Å². The second-order valence-corrected chi connectivity index (χ2v) is 12.3. The van der Waals surface area contributed by atoms with Crippen LogP contribution in [0.25, 0.3) is 11.1 Å². The van der Waals surface area contributed by atoms with Gasteiger partial charge in [0, 0.05) is 25.2 Å². The zero-order valence-corrected chi connectivity index (χ0v) is 23.3. The van der Waals surface area contributed by atoms with E-state index >= 15 is 0 Å². The smallest absolute Gasteiger partial charge is 0.411 e. The zero-order valence-electron chi connectivity index (χ0n) is 23.3. The number of Topliss-reactive ketones (excluding diaryl/α,β-unsaturated/α-hetero) is 1. The SMILES string of the molecule is CN1C(=O)Cc2ccc(-c3ccc(C[C@@H](C#N)CC(=O)[C@@H]4C5CCC(CC5)N4C(=O)OC(C)(C)C)cc3)cc21. The number of hydrogen-bond donors (Lipinski definition) is 0. The average Bonchev–Trinajstić information content (AvgIpc) is 3.20. The molecule has 0 aromatic heterocycles. The van der Waals surface area contributed by atoms with Crippen LogP contribution in [0.15, 0.2) is 42.5 Å². The van der Waals surface area contributed by atoms with Gasteiger partial charge in [-0.1, -0.05) is 36.4 Å². The Morgan fingerprint density at radius 3 is 2.36 bits per heavy atom. The van der Waals surface area contributed by atoms with Gasteiger partial charge >= 0.3 is 6.09 Å². The number of nitriles is 1. The Kier molecular flexibility index (Phi) is 7.24. The van der Waals surface area contributed by atoms with E-state index in [0.29, 0.717) is 12.8 Å². The molecule has 7 heteroatoms. The first-order valence-electron chi connectivity index (χ1n) is 14.0. The van der Waals surface area contributed by atoms with Crippen molar-refractivity contribution in [3.05, 3.63) is 53.6 Å². The molecule has 4 aliphatic rings. The summed E-state index contributed by atoms with van der Waals surface area (Å²) in [6, 6.07) is 16.0. The van der Waals surface area contributed by atoms with Crippen LogP contribution in [0.1, 0.15) is 64.0 Å². The summed E-state index contributed by atoms with van der Waals surface area (Å²) in [4.78, 5) is 42.1. The average molecular weight is 528 g/mol. The van der Waals surface area contributed by atoms with E-state index in [1.54, 1.807) is 16.8 Å². The highest BCUT2D eigenvalue weighted by atomic mass is 16.6. The van der Waals surface area contributed by atoms with Crippen LogP contribution < -0.4 is 4.90 Å². The Labute approximate surface area is 230 Å². The molecule has 204 valence electrons. The fourth-order valence-corrected chi connectivity index (χ4v) is 6.41. The standard InChI is InChI=1S/C32H37N3O4/c1-32(2,3)39-31(38)35-26-13-11-23(12-14-26)30(35)28(36)16-21(19-33)15-20-5-7-22(8-6-20)24-9-10-25-18-29(37)34(4)27(25)17-24/h5-10,17,21,23,26,30H,11-16,18H2,1-4H3/t21-,23?,26?,30+/m1/s1. The van der Waals surface area contributed by atoms with E-state index in [-0.39, 0.29) is 30.1 Å². The van der Waals surface area contributed by atoms with E-state index in [2.05, 4.69) is 6.07 Å². The lowest BCUT2D eigenvalue weighted by molar-refractivity contribution is -0.133. The van der Waals surface area contributed by atoms with Gasteiger partial charge in [0.25, 0.3) is 0 Å². The summed E-state index contributed by atoms with van der Waals surface area (Å²) in [5, 5.41) is 9.92. The van der Waals surface area contributed by atoms with Crippen LogP contribution in [0.2, 0.25) is 0 Å². The maximum Gasteiger partial charge on any atom is 0.411 e. The van der Waals surface area contributed by atoms with Crippen molar-refractivity contribution in [2.75, 3.05) is 11.9 Å². The third-order valence-electron chi connectivity index (χ3n) is 8.38. The molecule has 6 rings (SSSR count). The van der Waals surface area contributed by atoms with Gasteiger partial charge in [0.15, 0.2) is 5.78 Å². The molecule has 3 heterocycles. The minimum atomic E-state index is -0.629. The molecule has 2 atom stereocenters. The quantitative estimate of drug-likeness (QED) is 0.481. The molecule has 2 amide bonds. The third kappa shape index (κ3) is 5.56. The van der Waals surface area contributed by atoms with Gasteiger partial charge in [-0.3, -0.25) is 14.5 Å². The lowest BCUT2D eigenvalue weighted by atomic mass is 9.72. The largest absolute Gasteiger partial charge is 0.444 e. The van der Waals surface area contributed by atoms with Crippen molar-refractivity contribution in [1.29, 1.82) is 5.26 Å². The van der Waals surface area contributed by atoms with E-state index in [4.69, 9.17) is 4.74 Å². The number of likely N-dealkylation sites (N-methyl/N-ethyl adjacent to an activating group) is 1. The normalized spacial score (nSPS) is 22.8. The van der Waals surface area contributed by atoms with Gasteiger partial charge in [-0.15, -0.1) is 0 Å². The molecule has 2 saturated heterocycles. The number of benzene rings is 2. The first kappa shape index (κ1) is 26.9. The van der Waals surface area contributed by atoms with Gasteiger partial charge in [-0.25, -0.2) is 4.79 Å². The van der Waals surface area contributed by atoms with Crippen molar-refractivity contribution in [3.63, 3.8) is 0 Å². The number of anilines is 1. The van der Waals surface area contributed by atoms with E-state index in [1.165, 1.54) is 0 Å². The molecule has 3 aliphatic heterocycles. The molecule has 3 fully saturated rings. The van der Waals surface area contributed by atoms with Crippen molar-refractivity contribution in [1.82, 2.24) is 4.90 Å². The number of ether oxygens (including phenoxy) is 1. The van der Waals surface area contributed by atoms with Crippen LogP contribution in [0.3, 0.4) is 0 Å². The van der Waals surface area contributed by atoms with Crippen molar-refractivity contribution < 1.29 is 19.1 Å². The summed E-state index contributed by atoms with van der Waals surface area (Å²) in [6.45, 7) is 5.51. The number of rotatable bonds is 6. The van der Waals surface area contributed by atoms with Crippen LogP contribution in [-0.2, 0) is 27.2 Å². The summed E-state index contributed by atoms with van der Waals surface area (Å²) >= 11 is 0. The molecule has 2 bridgehead atoms. The maximum absolute atomic E-state index is 13.6. The van der Waals surface area contributed by atoms with Crippen molar-refractivity contribution in [2.24, 2.45) is 11.8 Å². The minimum absolute atomic E-state index is 0.0315. The molecule has 2 aromatic rings. The van der Waals surface area contributed by atoms with E-state index in [1.807, 2.05) is 63.2 Å². The minimum Gasteiger partial charge on any atom is -0.444 e. The number of fused-ring (bicyclic) bond motifs is 4. The van der Waals surface area contributed by atoms with Crippen molar-refractivity contribution in [2.45, 2.75) is 83.4 Å². The van der Waals surface area contributed by atoms with E-state index in [0.717, 1.165) is 53.6 Å². The molecular weight excluding hydrogens is 490 g/mol. The molecule has 2 aromatic carbocycles. The first-order valence-corrected chi connectivity index (χ1v) is 14.0. The van der Waals surface area contributed by atoms with Crippen molar-refractivity contribution in [3.8, 4) is 17.2 Å². The number of piperidine rings is 2.